The van der Waals surface area contributed by atoms with Crippen molar-refractivity contribution in [3.05, 3.63) is 0 Å². The molecular formula is C10H21NO. The van der Waals surface area contributed by atoms with Crippen molar-refractivity contribution in [3.8, 4) is 0 Å². The zero-order valence-electron chi connectivity index (χ0n) is 8.25. The number of nitrogens with two attached hydrogens (primary N) is 1. The number of rotatable bonds is 6. The molecule has 2 nitrogen and oxygen atoms in total. The fourth-order valence-corrected chi connectivity index (χ4v) is 1.70. The first-order chi connectivity index (χ1) is 5.75. The smallest absolute Gasteiger partial charge is 0.0462 e. The summed E-state index contributed by atoms with van der Waals surface area (Å²) in [5.74, 6) is 1.66. The molecule has 0 saturated heterocycles. The van der Waals surface area contributed by atoms with Crippen LogP contribution in [-0.2, 0) is 4.74 Å². The maximum atomic E-state index is 6.04. The summed E-state index contributed by atoms with van der Waals surface area (Å²) in [6, 6.07) is 0.396. The molecule has 0 amide bonds. The molecule has 2 N–H and O–H groups in total. The summed E-state index contributed by atoms with van der Waals surface area (Å²) in [5.41, 5.74) is 6.04. The third-order valence-electron chi connectivity index (χ3n) is 2.93. The lowest BCUT2D eigenvalue weighted by Crippen LogP contribution is -2.29. The van der Waals surface area contributed by atoms with E-state index in [1.165, 1.54) is 12.8 Å². The van der Waals surface area contributed by atoms with Crippen LogP contribution in [0.3, 0.4) is 0 Å². The van der Waals surface area contributed by atoms with Gasteiger partial charge in [-0.05, 0) is 37.5 Å². The Kier molecular flexibility index (Phi) is 4.02. The van der Waals surface area contributed by atoms with Crippen LogP contribution in [-0.4, -0.2) is 19.8 Å². The van der Waals surface area contributed by atoms with Crippen LogP contribution in [0.15, 0.2) is 0 Å². The molecule has 1 aliphatic rings. The van der Waals surface area contributed by atoms with Crippen molar-refractivity contribution in [3.63, 3.8) is 0 Å². The molecule has 0 aromatic heterocycles. The quantitative estimate of drug-likeness (QED) is 0.618. The number of methoxy groups -OCH3 is 1. The molecule has 1 saturated carbocycles. The first kappa shape index (κ1) is 10.0. The molecule has 1 aliphatic carbocycles. The minimum atomic E-state index is 0.396. The Morgan fingerprint density at radius 2 is 2.17 bits per heavy atom. The minimum absolute atomic E-state index is 0.396. The van der Waals surface area contributed by atoms with E-state index in [2.05, 4.69) is 6.92 Å². The van der Waals surface area contributed by atoms with Gasteiger partial charge in [-0.15, -0.1) is 0 Å². The molecule has 0 radical (unpaired) electrons. The van der Waals surface area contributed by atoms with Gasteiger partial charge in [-0.1, -0.05) is 6.92 Å². The fourth-order valence-electron chi connectivity index (χ4n) is 1.70. The fraction of sp³-hybridized carbons (Fsp3) is 1.00. The van der Waals surface area contributed by atoms with Crippen LogP contribution in [0.5, 0.6) is 0 Å². The highest BCUT2D eigenvalue weighted by molar-refractivity contribution is 4.84. The molecule has 2 atom stereocenters. The first-order valence-corrected chi connectivity index (χ1v) is 5.00. The minimum Gasteiger partial charge on any atom is -0.385 e. The van der Waals surface area contributed by atoms with E-state index in [0.717, 1.165) is 31.3 Å². The summed E-state index contributed by atoms with van der Waals surface area (Å²) < 4.78 is 4.99. The van der Waals surface area contributed by atoms with Gasteiger partial charge in [-0.2, -0.15) is 0 Å². The Bertz CT molecular complexity index is 123. The highest BCUT2D eigenvalue weighted by Gasteiger charge is 2.31. The number of ether oxygens (including phenoxy) is 1. The van der Waals surface area contributed by atoms with Crippen LogP contribution in [0.1, 0.15) is 32.6 Å². The van der Waals surface area contributed by atoms with Crippen molar-refractivity contribution < 1.29 is 4.74 Å². The summed E-state index contributed by atoms with van der Waals surface area (Å²) in [4.78, 5) is 0. The molecule has 0 spiro atoms. The molecule has 2 heteroatoms. The van der Waals surface area contributed by atoms with Crippen LogP contribution >= 0.6 is 0 Å². The molecule has 0 aliphatic heterocycles. The second-order valence-electron chi connectivity index (χ2n) is 4.00. The lowest BCUT2D eigenvalue weighted by atomic mass is 9.94. The molecule has 0 bridgehead atoms. The SMILES string of the molecule is COCCCC(N)C(C)C1CC1. The first-order valence-electron chi connectivity index (χ1n) is 5.00. The van der Waals surface area contributed by atoms with Crippen molar-refractivity contribution >= 4 is 0 Å². The van der Waals surface area contributed by atoms with Gasteiger partial charge in [0.2, 0.25) is 0 Å². The lowest BCUT2D eigenvalue weighted by molar-refractivity contribution is 0.186. The van der Waals surface area contributed by atoms with Gasteiger partial charge in [0.25, 0.3) is 0 Å². The van der Waals surface area contributed by atoms with E-state index in [9.17, 15) is 0 Å². The molecule has 0 heterocycles. The standard InChI is InChI=1S/C10H21NO/c1-8(9-5-6-9)10(11)4-3-7-12-2/h8-10H,3-7,11H2,1-2H3. The zero-order chi connectivity index (χ0) is 8.97. The third-order valence-corrected chi connectivity index (χ3v) is 2.93. The number of hydrogen-bond acceptors (Lipinski definition) is 2. The molecule has 1 rings (SSSR count). The maximum absolute atomic E-state index is 6.04. The van der Waals surface area contributed by atoms with Crippen molar-refractivity contribution in [2.24, 2.45) is 17.6 Å². The van der Waals surface area contributed by atoms with E-state index >= 15 is 0 Å². The van der Waals surface area contributed by atoms with Crippen LogP contribution in [0.25, 0.3) is 0 Å². The number of hydrogen-bond donors (Lipinski definition) is 1. The van der Waals surface area contributed by atoms with E-state index in [1.807, 2.05) is 0 Å². The highest BCUT2D eigenvalue weighted by atomic mass is 16.5. The van der Waals surface area contributed by atoms with Gasteiger partial charge in [-0.3, -0.25) is 0 Å². The van der Waals surface area contributed by atoms with Crippen LogP contribution in [0, 0.1) is 11.8 Å². The molecule has 72 valence electrons. The second kappa shape index (κ2) is 4.83. The van der Waals surface area contributed by atoms with Crippen molar-refractivity contribution in [1.82, 2.24) is 0 Å². The maximum Gasteiger partial charge on any atom is 0.0462 e. The van der Waals surface area contributed by atoms with Gasteiger partial charge < -0.3 is 10.5 Å². The van der Waals surface area contributed by atoms with Gasteiger partial charge in [0.05, 0.1) is 0 Å². The van der Waals surface area contributed by atoms with Gasteiger partial charge in [0, 0.05) is 19.8 Å². The molecule has 1 fully saturated rings. The van der Waals surface area contributed by atoms with E-state index in [-0.39, 0.29) is 0 Å². The Labute approximate surface area is 75.5 Å². The predicted octanol–water partition coefficient (Wildman–Crippen LogP) is 1.79. The van der Waals surface area contributed by atoms with Crippen molar-refractivity contribution in [2.75, 3.05) is 13.7 Å². The predicted molar refractivity (Wildman–Crippen MR) is 51.0 cm³/mol. The van der Waals surface area contributed by atoms with Crippen molar-refractivity contribution in [2.45, 2.75) is 38.6 Å². The zero-order valence-corrected chi connectivity index (χ0v) is 8.25. The molecule has 0 aromatic rings. The van der Waals surface area contributed by atoms with Crippen molar-refractivity contribution in [1.29, 1.82) is 0 Å². The summed E-state index contributed by atoms with van der Waals surface area (Å²) in [5, 5.41) is 0. The molecule has 0 aromatic carbocycles. The molecular weight excluding hydrogens is 150 g/mol. The van der Waals surface area contributed by atoms with Crippen LogP contribution < -0.4 is 5.73 Å². The van der Waals surface area contributed by atoms with E-state index < -0.39 is 0 Å². The third kappa shape index (κ3) is 3.11. The highest BCUT2D eigenvalue weighted by Crippen LogP contribution is 2.38. The topological polar surface area (TPSA) is 35.2 Å². The van der Waals surface area contributed by atoms with Gasteiger partial charge in [0.15, 0.2) is 0 Å². The summed E-state index contributed by atoms with van der Waals surface area (Å²) in [6.45, 7) is 3.14. The summed E-state index contributed by atoms with van der Waals surface area (Å²) in [6.07, 6.45) is 5.03. The Morgan fingerprint density at radius 1 is 1.50 bits per heavy atom. The van der Waals surface area contributed by atoms with E-state index in [4.69, 9.17) is 10.5 Å². The van der Waals surface area contributed by atoms with Gasteiger partial charge >= 0.3 is 0 Å². The Balaban J connectivity index is 2.04. The summed E-state index contributed by atoms with van der Waals surface area (Å²) >= 11 is 0. The monoisotopic (exact) mass is 171 g/mol. The van der Waals surface area contributed by atoms with Gasteiger partial charge in [-0.25, -0.2) is 0 Å². The molecule has 2 unspecified atom stereocenters. The molecule has 12 heavy (non-hydrogen) atoms. The Hall–Kier alpha value is -0.0800. The lowest BCUT2D eigenvalue weighted by Gasteiger charge is -2.18. The summed E-state index contributed by atoms with van der Waals surface area (Å²) in [7, 11) is 1.75. The average Bonchev–Trinajstić information content (AvgIpc) is 2.86. The van der Waals surface area contributed by atoms with E-state index in [0.29, 0.717) is 6.04 Å². The van der Waals surface area contributed by atoms with E-state index in [1.54, 1.807) is 7.11 Å². The second-order valence-corrected chi connectivity index (χ2v) is 4.00. The largest absolute Gasteiger partial charge is 0.385 e. The normalized spacial score (nSPS) is 22.2. The average molecular weight is 171 g/mol. The van der Waals surface area contributed by atoms with Crippen LogP contribution in [0.2, 0.25) is 0 Å². The van der Waals surface area contributed by atoms with Gasteiger partial charge in [0.1, 0.15) is 0 Å². The van der Waals surface area contributed by atoms with Crippen LogP contribution in [0.4, 0.5) is 0 Å². The Morgan fingerprint density at radius 3 is 2.67 bits per heavy atom.